The largest absolute Gasteiger partial charge is 0.457 e. The molecule has 0 spiro atoms. The molecule has 1 amide bonds. The molecule has 0 radical (unpaired) electrons. The van der Waals surface area contributed by atoms with Gasteiger partial charge in [0.1, 0.15) is 0 Å². The van der Waals surface area contributed by atoms with Gasteiger partial charge < -0.3 is 14.6 Å². The van der Waals surface area contributed by atoms with Crippen LogP contribution in [-0.4, -0.2) is 53.0 Å². The second-order valence-corrected chi connectivity index (χ2v) is 7.69. The van der Waals surface area contributed by atoms with Crippen LogP contribution < -0.4 is 0 Å². The Morgan fingerprint density at radius 3 is 2.50 bits per heavy atom. The summed E-state index contributed by atoms with van der Waals surface area (Å²) in [5.41, 5.74) is 3.07. The summed E-state index contributed by atoms with van der Waals surface area (Å²) >= 11 is 0. The van der Waals surface area contributed by atoms with Crippen molar-refractivity contribution in [3.05, 3.63) is 58.4 Å². The Balaban J connectivity index is 1.53. The summed E-state index contributed by atoms with van der Waals surface area (Å²) in [4.78, 5) is 53.4. The van der Waals surface area contributed by atoms with Gasteiger partial charge in [0.2, 0.25) is 11.7 Å². The number of esters is 1. The first-order valence-corrected chi connectivity index (χ1v) is 9.99. The average molecular weight is 410 g/mol. The fourth-order valence-corrected chi connectivity index (χ4v) is 3.94. The van der Waals surface area contributed by atoms with E-state index in [1.807, 2.05) is 30.3 Å². The molecule has 1 atom stereocenters. The van der Waals surface area contributed by atoms with Crippen LogP contribution in [0.5, 0.6) is 0 Å². The number of benzene rings is 1. The number of Topliss-reactive ketones (excluding diaryl/α,β-unsaturated/α-hetero) is 2. The molecule has 0 bridgehead atoms. The van der Waals surface area contributed by atoms with Crippen molar-refractivity contribution in [2.24, 2.45) is 5.92 Å². The summed E-state index contributed by atoms with van der Waals surface area (Å²) in [5.74, 6) is -1.73. The number of carbonyl (C=O) groups excluding carboxylic acids is 4. The van der Waals surface area contributed by atoms with Gasteiger partial charge in [-0.1, -0.05) is 30.3 Å². The number of amides is 1. The molecule has 7 nitrogen and oxygen atoms in total. The number of ether oxygens (including phenoxy) is 1. The number of aromatic nitrogens is 1. The molecule has 7 heteroatoms. The van der Waals surface area contributed by atoms with Crippen LogP contribution in [0.3, 0.4) is 0 Å². The molecule has 2 aromatic rings. The zero-order chi connectivity index (χ0) is 21.8. The molecule has 1 aromatic heterocycles. The van der Waals surface area contributed by atoms with Gasteiger partial charge >= 0.3 is 5.97 Å². The number of hydrogen-bond donors (Lipinski definition) is 1. The highest BCUT2D eigenvalue weighted by molar-refractivity contribution is 6.04. The highest BCUT2D eigenvalue weighted by atomic mass is 16.5. The van der Waals surface area contributed by atoms with Crippen LogP contribution in [0.1, 0.15) is 51.0 Å². The minimum absolute atomic E-state index is 0.0823. The van der Waals surface area contributed by atoms with Crippen molar-refractivity contribution in [3.8, 4) is 0 Å². The van der Waals surface area contributed by atoms with Gasteiger partial charge in [0.05, 0.1) is 11.6 Å². The number of ketones is 2. The highest BCUT2D eigenvalue weighted by Gasteiger charge is 2.35. The maximum atomic E-state index is 12.5. The lowest BCUT2D eigenvalue weighted by atomic mass is 10.1. The van der Waals surface area contributed by atoms with E-state index in [1.54, 1.807) is 18.7 Å². The van der Waals surface area contributed by atoms with Gasteiger partial charge in [-0.25, -0.2) is 0 Å². The molecule has 1 N–H and O–H groups in total. The highest BCUT2D eigenvalue weighted by Crippen LogP contribution is 2.21. The number of likely N-dealkylation sites (tertiary alicyclic amines) is 1. The van der Waals surface area contributed by atoms with E-state index in [-0.39, 0.29) is 23.8 Å². The molecule has 1 fully saturated rings. The average Bonchev–Trinajstić information content (AvgIpc) is 3.24. The van der Waals surface area contributed by atoms with Gasteiger partial charge in [-0.2, -0.15) is 0 Å². The van der Waals surface area contributed by atoms with E-state index in [0.717, 1.165) is 12.0 Å². The predicted octanol–water partition coefficient (Wildman–Crippen LogP) is 2.65. The summed E-state index contributed by atoms with van der Waals surface area (Å²) in [6.07, 6.45) is 0.813. The van der Waals surface area contributed by atoms with Crippen LogP contribution in [0.25, 0.3) is 0 Å². The van der Waals surface area contributed by atoms with Crippen LogP contribution in [-0.2, 0) is 20.7 Å². The second-order valence-electron chi connectivity index (χ2n) is 7.69. The third-order valence-electron chi connectivity index (χ3n) is 5.47. The molecule has 1 saturated heterocycles. The number of H-pyrrole nitrogens is 1. The van der Waals surface area contributed by atoms with Gasteiger partial charge in [-0.3, -0.25) is 19.2 Å². The Hall–Kier alpha value is -3.22. The number of aryl methyl sites for hydroxylation is 1. The van der Waals surface area contributed by atoms with E-state index in [4.69, 9.17) is 4.74 Å². The number of nitrogens with one attached hydrogen (secondary N) is 1. The molecule has 1 aliphatic heterocycles. The molecular formula is C23H26N2O5. The number of aromatic amines is 1. The molecule has 0 aliphatic carbocycles. The Kier molecular flexibility index (Phi) is 6.50. The normalized spacial score (nSPS) is 16.0. The molecule has 3 rings (SSSR count). The van der Waals surface area contributed by atoms with Crippen molar-refractivity contribution in [1.82, 2.24) is 9.88 Å². The smallest absolute Gasteiger partial charge is 0.311 e. The summed E-state index contributed by atoms with van der Waals surface area (Å²) in [6.45, 7) is 5.27. The van der Waals surface area contributed by atoms with Crippen molar-refractivity contribution in [2.45, 2.75) is 33.6 Å². The summed E-state index contributed by atoms with van der Waals surface area (Å²) in [7, 11) is 0. The lowest BCUT2D eigenvalue weighted by molar-refractivity contribution is -0.147. The summed E-state index contributed by atoms with van der Waals surface area (Å²) in [5, 5.41) is 0. The molecule has 0 saturated carbocycles. The van der Waals surface area contributed by atoms with Gasteiger partial charge in [-0.05, 0) is 38.3 Å². The fraction of sp³-hybridized carbons (Fsp3) is 0.391. The predicted molar refractivity (Wildman–Crippen MR) is 110 cm³/mol. The number of rotatable bonds is 8. The summed E-state index contributed by atoms with van der Waals surface area (Å²) < 4.78 is 5.19. The minimum Gasteiger partial charge on any atom is -0.457 e. The Bertz CT molecular complexity index is 977. The lowest BCUT2D eigenvalue weighted by Crippen LogP contribution is -2.29. The van der Waals surface area contributed by atoms with Crippen molar-refractivity contribution >= 4 is 23.4 Å². The van der Waals surface area contributed by atoms with E-state index in [2.05, 4.69) is 4.98 Å². The first-order chi connectivity index (χ1) is 14.3. The topological polar surface area (TPSA) is 96.5 Å². The zero-order valence-corrected chi connectivity index (χ0v) is 17.5. The minimum atomic E-state index is -0.569. The van der Waals surface area contributed by atoms with E-state index in [1.165, 1.54) is 6.92 Å². The van der Waals surface area contributed by atoms with Crippen molar-refractivity contribution < 1.29 is 23.9 Å². The molecular weight excluding hydrogens is 384 g/mol. The van der Waals surface area contributed by atoms with E-state index < -0.39 is 24.3 Å². The van der Waals surface area contributed by atoms with Crippen LogP contribution in [0.15, 0.2) is 30.3 Å². The molecule has 30 heavy (non-hydrogen) atoms. The van der Waals surface area contributed by atoms with Crippen LogP contribution in [0, 0.1) is 19.8 Å². The molecule has 2 heterocycles. The maximum Gasteiger partial charge on any atom is 0.311 e. The second kappa shape index (κ2) is 9.07. The first-order valence-electron chi connectivity index (χ1n) is 9.99. The molecule has 1 aromatic carbocycles. The Labute approximate surface area is 175 Å². The van der Waals surface area contributed by atoms with Crippen molar-refractivity contribution in [1.29, 1.82) is 0 Å². The first kappa shape index (κ1) is 21.5. The molecule has 0 unspecified atom stereocenters. The third-order valence-corrected chi connectivity index (χ3v) is 5.47. The molecule has 158 valence electrons. The van der Waals surface area contributed by atoms with E-state index >= 15 is 0 Å². The monoisotopic (exact) mass is 410 g/mol. The fourth-order valence-electron chi connectivity index (χ4n) is 3.94. The number of carbonyl (C=O) groups is 4. The summed E-state index contributed by atoms with van der Waals surface area (Å²) in [6, 6.07) is 9.84. The van der Waals surface area contributed by atoms with E-state index in [0.29, 0.717) is 29.9 Å². The standard InChI is InChI=1S/C23H26N2O5/c1-14-21(16(3)26)15(2)24-22(14)19(27)13-30-23(29)18-11-20(28)25(12-18)10-9-17-7-5-4-6-8-17/h4-8,18,24H,9-13H2,1-3H3/t18-/m0/s1. The Morgan fingerprint density at radius 1 is 1.17 bits per heavy atom. The Morgan fingerprint density at radius 2 is 1.87 bits per heavy atom. The van der Waals surface area contributed by atoms with Crippen LogP contribution >= 0.6 is 0 Å². The number of hydrogen-bond acceptors (Lipinski definition) is 5. The molecule has 1 aliphatic rings. The van der Waals surface area contributed by atoms with Crippen LogP contribution in [0.2, 0.25) is 0 Å². The maximum absolute atomic E-state index is 12.5. The van der Waals surface area contributed by atoms with Crippen molar-refractivity contribution in [3.63, 3.8) is 0 Å². The van der Waals surface area contributed by atoms with Gasteiger partial charge in [-0.15, -0.1) is 0 Å². The van der Waals surface area contributed by atoms with Gasteiger partial charge in [0.15, 0.2) is 12.4 Å². The zero-order valence-electron chi connectivity index (χ0n) is 17.5. The third kappa shape index (κ3) is 4.67. The quantitative estimate of drug-likeness (QED) is 0.533. The SMILES string of the molecule is CC(=O)c1c(C)[nH]c(C(=O)COC(=O)[C@H]2CC(=O)N(CCc3ccccc3)C2)c1C. The lowest BCUT2D eigenvalue weighted by Gasteiger charge is -2.16. The van der Waals surface area contributed by atoms with Gasteiger partial charge in [0, 0.05) is 30.8 Å². The van der Waals surface area contributed by atoms with Gasteiger partial charge in [0.25, 0.3) is 0 Å². The van der Waals surface area contributed by atoms with Crippen LogP contribution in [0.4, 0.5) is 0 Å². The van der Waals surface area contributed by atoms with Crippen molar-refractivity contribution in [2.75, 3.05) is 19.7 Å². The number of nitrogens with zero attached hydrogens (tertiary/aromatic N) is 1. The van der Waals surface area contributed by atoms with E-state index in [9.17, 15) is 19.2 Å².